The molecule has 0 fully saturated rings. The SMILES string of the molecule is Ic1nccc2c1CCCC2. The molecular formula is C9H10IN. The van der Waals surface area contributed by atoms with Crippen molar-refractivity contribution in [2.24, 2.45) is 0 Å². The second-order valence-corrected chi connectivity index (χ2v) is 3.97. The summed E-state index contributed by atoms with van der Waals surface area (Å²) in [7, 11) is 0. The van der Waals surface area contributed by atoms with Gasteiger partial charge in [-0.15, -0.1) is 0 Å². The van der Waals surface area contributed by atoms with Crippen molar-refractivity contribution in [2.75, 3.05) is 0 Å². The summed E-state index contributed by atoms with van der Waals surface area (Å²) in [5.41, 5.74) is 3.02. The van der Waals surface area contributed by atoms with Gasteiger partial charge in [0.25, 0.3) is 0 Å². The van der Waals surface area contributed by atoms with Crippen LogP contribution in [0.5, 0.6) is 0 Å². The molecule has 0 saturated heterocycles. The number of halogens is 1. The van der Waals surface area contributed by atoms with Crippen LogP contribution in [0.1, 0.15) is 24.0 Å². The number of aryl methyl sites for hydroxylation is 1. The molecule has 11 heavy (non-hydrogen) atoms. The third-order valence-corrected chi connectivity index (χ3v) is 3.15. The summed E-state index contributed by atoms with van der Waals surface area (Å²) in [4.78, 5) is 4.28. The highest BCUT2D eigenvalue weighted by Gasteiger charge is 2.11. The van der Waals surface area contributed by atoms with Crippen LogP contribution in [0.4, 0.5) is 0 Å². The molecule has 1 aromatic rings. The fraction of sp³-hybridized carbons (Fsp3) is 0.444. The van der Waals surface area contributed by atoms with Crippen molar-refractivity contribution >= 4 is 22.6 Å². The Morgan fingerprint density at radius 1 is 1.27 bits per heavy atom. The van der Waals surface area contributed by atoms with E-state index in [1.165, 1.54) is 40.5 Å². The van der Waals surface area contributed by atoms with Gasteiger partial charge in [-0.05, 0) is 65.5 Å². The second kappa shape index (κ2) is 3.09. The maximum atomic E-state index is 4.28. The molecule has 0 radical (unpaired) electrons. The molecule has 0 aliphatic heterocycles. The average Bonchev–Trinajstić information content (AvgIpc) is 2.06. The summed E-state index contributed by atoms with van der Waals surface area (Å²) >= 11 is 2.33. The van der Waals surface area contributed by atoms with E-state index >= 15 is 0 Å². The van der Waals surface area contributed by atoms with Gasteiger partial charge in [0, 0.05) is 6.20 Å². The van der Waals surface area contributed by atoms with E-state index in [0.717, 1.165) is 0 Å². The van der Waals surface area contributed by atoms with Gasteiger partial charge in [-0.3, -0.25) is 4.98 Å². The van der Waals surface area contributed by atoms with Gasteiger partial charge < -0.3 is 0 Å². The summed E-state index contributed by atoms with van der Waals surface area (Å²) in [6.45, 7) is 0. The molecule has 0 aromatic carbocycles. The normalized spacial score (nSPS) is 16.1. The molecule has 0 unspecified atom stereocenters. The second-order valence-electron chi connectivity index (χ2n) is 2.95. The molecule has 0 spiro atoms. The van der Waals surface area contributed by atoms with Gasteiger partial charge in [-0.1, -0.05) is 0 Å². The number of nitrogens with zero attached hydrogens (tertiary/aromatic N) is 1. The minimum absolute atomic E-state index is 1.21. The molecule has 1 nitrogen and oxygen atoms in total. The molecule has 58 valence electrons. The minimum Gasteiger partial charge on any atom is -0.250 e. The highest BCUT2D eigenvalue weighted by Crippen LogP contribution is 2.23. The average molecular weight is 259 g/mol. The van der Waals surface area contributed by atoms with Crippen LogP contribution in [0.3, 0.4) is 0 Å². The molecule has 2 heteroatoms. The zero-order chi connectivity index (χ0) is 7.68. The molecule has 1 aromatic heterocycles. The summed E-state index contributed by atoms with van der Waals surface area (Å²) in [6, 6.07) is 2.16. The largest absolute Gasteiger partial charge is 0.250 e. The summed E-state index contributed by atoms with van der Waals surface area (Å²) in [5.74, 6) is 0. The van der Waals surface area contributed by atoms with E-state index in [2.05, 4.69) is 33.6 Å². The number of hydrogen-bond donors (Lipinski definition) is 0. The van der Waals surface area contributed by atoms with E-state index in [9.17, 15) is 0 Å². The molecule has 1 aliphatic carbocycles. The van der Waals surface area contributed by atoms with Crippen molar-refractivity contribution in [3.63, 3.8) is 0 Å². The summed E-state index contributed by atoms with van der Waals surface area (Å²) < 4.78 is 1.21. The zero-order valence-electron chi connectivity index (χ0n) is 6.31. The lowest BCUT2D eigenvalue weighted by Gasteiger charge is -2.15. The third-order valence-electron chi connectivity index (χ3n) is 2.22. The van der Waals surface area contributed by atoms with Crippen molar-refractivity contribution in [3.05, 3.63) is 27.1 Å². The molecule has 0 saturated carbocycles. The van der Waals surface area contributed by atoms with Gasteiger partial charge in [0.15, 0.2) is 0 Å². The van der Waals surface area contributed by atoms with Crippen molar-refractivity contribution in [3.8, 4) is 0 Å². The Kier molecular flexibility index (Phi) is 2.11. The van der Waals surface area contributed by atoms with E-state index in [4.69, 9.17) is 0 Å². The Hall–Kier alpha value is -0.120. The topological polar surface area (TPSA) is 12.9 Å². The molecule has 0 atom stereocenters. The van der Waals surface area contributed by atoms with Gasteiger partial charge in [-0.25, -0.2) is 0 Å². The van der Waals surface area contributed by atoms with E-state index in [1.807, 2.05) is 6.20 Å². The Labute approximate surface area is 80.4 Å². The van der Waals surface area contributed by atoms with E-state index in [0.29, 0.717) is 0 Å². The highest BCUT2D eigenvalue weighted by molar-refractivity contribution is 14.1. The van der Waals surface area contributed by atoms with E-state index < -0.39 is 0 Å². The fourth-order valence-corrected chi connectivity index (χ4v) is 2.40. The van der Waals surface area contributed by atoms with Crippen molar-refractivity contribution in [1.29, 1.82) is 0 Å². The standard InChI is InChI=1S/C9H10IN/c10-9-8-4-2-1-3-7(8)5-6-11-9/h5-6H,1-4H2. The molecule has 1 aliphatic rings. The Morgan fingerprint density at radius 3 is 2.91 bits per heavy atom. The van der Waals surface area contributed by atoms with Gasteiger partial charge in [0.2, 0.25) is 0 Å². The Bertz CT molecular complexity index is 270. The van der Waals surface area contributed by atoms with Crippen LogP contribution >= 0.6 is 22.6 Å². The molecule has 0 amide bonds. The van der Waals surface area contributed by atoms with Crippen molar-refractivity contribution < 1.29 is 0 Å². The van der Waals surface area contributed by atoms with Crippen LogP contribution in [-0.2, 0) is 12.8 Å². The van der Waals surface area contributed by atoms with Gasteiger partial charge >= 0.3 is 0 Å². The Balaban J connectivity index is 2.49. The van der Waals surface area contributed by atoms with E-state index in [-0.39, 0.29) is 0 Å². The lowest BCUT2D eigenvalue weighted by atomic mass is 9.94. The van der Waals surface area contributed by atoms with Gasteiger partial charge in [0.1, 0.15) is 3.70 Å². The first-order valence-corrected chi connectivity index (χ1v) is 5.08. The van der Waals surface area contributed by atoms with Crippen LogP contribution in [0, 0.1) is 3.70 Å². The predicted octanol–water partition coefficient (Wildman–Crippen LogP) is 2.57. The lowest BCUT2D eigenvalue weighted by Crippen LogP contribution is -2.05. The van der Waals surface area contributed by atoms with E-state index in [1.54, 1.807) is 0 Å². The molecule has 0 bridgehead atoms. The van der Waals surface area contributed by atoms with Gasteiger partial charge in [-0.2, -0.15) is 0 Å². The van der Waals surface area contributed by atoms with Crippen LogP contribution in [0.25, 0.3) is 0 Å². The number of pyridine rings is 1. The van der Waals surface area contributed by atoms with Crippen molar-refractivity contribution in [2.45, 2.75) is 25.7 Å². The highest BCUT2D eigenvalue weighted by atomic mass is 127. The van der Waals surface area contributed by atoms with Crippen LogP contribution in [0.2, 0.25) is 0 Å². The minimum atomic E-state index is 1.21. The number of fused-ring (bicyclic) bond motifs is 1. The summed E-state index contributed by atoms with van der Waals surface area (Å²) in [6.07, 6.45) is 7.11. The fourth-order valence-electron chi connectivity index (χ4n) is 1.62. The smallest absolute Gasteiger partial charge is 0.104 e. The lowest BCUT2D eigenvalue weighted by molar-refractivity contribution is 0.678. The van der Waals surface area contributed by atoms with Gasteiger partial charge in [0.05, 0.1) is 0 Å². The van der Waals surface area contributed by atoms with Crippen LogP contribution in [-0.4, -0.2) is 4.98 Å². The molecular weight excluding hydrogens is 249 g/mol. The monoisotopic (exact) mass is 259 g/mol. The zero-order valence-corrected chi connectivity index (χ0v) is 8.47. The summed E-state index contributed by atoms with van der Waals surface area (Å²) in [5, 5.41) is 0. The molecule has 1 heterocycles. The Morgan fingerprint density at radius 2 is 2.09 bits per heavy atom. The van der Waals surface area contributed by atoms with Crippen LogP contribution < -0.4 is 0 Å². The number of hydrogen-bond acceptors (Lipinski definition) is 1. The predicted molar refractivity (Wildman–Crippen MR) is 53.6 cm³/mol. The first-order valence-electron chi connectivity index (χ1n) is 4.00. The first kappa shape index (κ1) is 7.53. The first-order chi connectivity index (χ1) is 5.38. The maximum absolute atomic E-state index is 4.28. The third kappa shape index (κ3) is 1.41. The van der Waals surface area contributed by atoms with Crippen molar-refractivity contribution in [1.82, 2.24) is 4.98 Å². The number of aromatic nitrogens is 1. The quantitative estimate of drug-likeness (QED) is 0.515. The number of rotatable bonds is 0. The molecule has 2 rings (SSSR count). The van der Waals surface area contributed by atoms with Crippen LogP contribution in [0.15, 0.2) is 12.3 Å². The molecule has 0 N–H and O–H groups in total. The maximum Gasteiger partial charge on any atom is 0.104 e.